The molecule has 0 fully saturated rings. The highest BCUT2D eigenvalue weighted by Gasteiger charge is 2.35. The first kappa shape index (κ1) is 13.4. The van der Waals surface area contributed by atoms with Crippen LogP contribution in [0.2, 0.25) is 0 Å². The smallest absolute Gasteiger partial charge is 0.320 e. The fraction of sp³-hybridized carbons (Fsp3) is 0.167. The zero-order valence-electron chi connectivity index (χ0n) is 9.53. The Bertz CT molecular complexity index is 583. The van der Waals surface area contributed by atoms with Crippen molar-refractivity contribution in [1.29, 1.82) is 0 Å². The Morgan fingerprint density at radius 3 is 2.47 bits per heavy atom. The van der Waals surface area contributed by atoms with Crippen LogP contribution in [0.25, 0.3) is 0 Å². The summed E-state index contributed by atoms with van der Waals surface area (Å²) < 4.78 is 51.5. The maximum Gasteiger partial charge on any atom is 0.416 e. The van der Waals surface area contributed by atoms with E-state index >= 15 is 0 Å². The first-order valence-corrected chi connectivity index (χ1v) is 5.26. The molecule has 100 valence electrons. The second-order valence-corrected chi connectivity index (χ2v) is 3.87. The van der Waals surface area contributed by atoms with Crippen molar-refractivity contribution >= 4 is 0 Å². The van der Waals surface area contributed by atoms with Crippen LogP contribution in [0.3, 0.4) is 0 Å². The zero-order valence-corrected chi connectivity index (χ0v) is 9.53. The van der Waals surface area contributed by atoms with Gasteiger partial charge in [-0.3, -0.25) is 9.97 Å². The fourth-order valence-corrected chi connectivity index (χ4v) is 1.69. The average molecular weight is 271 g/mol. The van der Waals surface area contributed by atoms with Gasteiger partial charge in [-0.05, 0) is 17.7 Å². The first-order chi connectivity index (χ1) is 8.89. The van der Waals surface area contributed by atoms with Crippen LogP contribution in [0.15, 0.2) is 36.9 Å². The number of pyridine rings is 2. The zero-order chi connectivity index (χ0) is 14.0. The van der Waals surface area contributed by atoms with Crippen molar-refractivity contribution in [3.63, 3.8) is 0 Å². The Balaban J connectivity index is 2.48. The van der Waals surface area contributed by atoms with E-state index in [0.29, 0.717) is 0 Å². The van der Waals surface area contributed by atoms with Gasteiger partial charge in [0, 0.05) is 24.2 Å². The Hall–Kier alpha value is -2.02. The van der Waals surface area contributed by atoms with E-state index in [4.69, 9.17) is 5.73 Å². The van der Waals surface area contributed by atoms with Crippen LogP contribution in [0.4, 0.5) is 17.6 Å². The highest BCUT2D eigenvalue weighted by Crippen LogP contribution is 2.35. The molecule has 19 heavy (non-hydrogen) atoms. The Labute approximate surface area is 106 Å². The minimum absolute atomic E-state index is 0.151. The second-order valence-electron chi connectivity index (χ2n) is 3.87. The van der Waals surface area contributed by atoms with Crippen LogP contribution < -0.4 is 5.73 Å². The standard InChI is InChI=1S/C12H9F4N3/c13-8-3-7(4-19-5-8)11(17)9-6-18-2-1-10(9)12(14,15)16/h1-6,11H,17H2. The van der Waals surface area contributed by atoms with E-state index in [1.165, 1.54) is 6.20 Å². The lowest BCUT2D eigenvalue weighted by Gasteiger charge is -2.17. The number of hydrogen-bond acceptors (Lipinski definition) is 3. The van der Waals surface area contributed by atoms with Gasteiger partial charge < -0.3 is 5.73 Å². The van der Waals surface area contributed by atoms with Crippen LogP contribution in [-0.4, -0.2) is 9.97 Å². The third-order valence-corrected chi connectivity index (χ3v) is 2.58. The number of hydrogen-bond donors (Lipinski definition) is 1. The van der Waals surface area contributed by atoms with Gasteiger partial charge in [-0.15, -0.1) is 0 Å². The predicted octanol–water partition coefficient (Wildman–Crippen LogP) is 2.68. The Morgan fingerprint density at radius 1 is 1.11 bits per heavy atom. The molecule has 2 aromatic rings. The minimum Gasteiger partial charge on any atom is -0.320 e. The van der Waals surface area contributed by atoms with Gasteiger partial charge in [0.15, 0.2) is 0 Å². The lowest BCUT2D eigenvalue weighted by atomic mass is 9.98. The molecule has 0 aliphatic heterocycles. The van der Waals surface area contributed by atoms with Gasteiger partial charge in [0.25, 0.3) is 0 Å². The van der Waals surface area contributed by atoms with Crippen LogP contribution in [0, 0.1) is 5.82 Å². The molecular formula is C12H9F4N3. The molecule has 0 saturated carbocycles. The monoisotopic (exact) mass is 271 g/mol. The molecule has 0 bridgehead atoms. The number of nitrogens with zero attached hydrogens (tertiary/aromatic N) is 2. The van der Waals surface area contributed by atoms with Crippen molar-refractivity contribution in [1.82, 2.24) is 9.97 Å². The number of alkyl halides is 3. The van der Waals surface area contributed by atoms with Crippen molar-refractivity contribution in [2.75, 3.05) is 0 Å². The number of nitrogens with two attached hydrogens (primary N) is 1. The second kappa shape index (κ2) is 4.93. The maximum atomic E-state index is 13.0. The molecule has 7 heteroatoms. The highest BCUT2D eigenvalue weighted by molar-refractivity contribution is 5.35. The molecular weight excluding hydrogens is 262 g/mol. The van der Waals surface area contributed by atoms with E-state index in [1.807, 2.05) is 0 Å². The van der Waals surface area contributed by atoms with Crippen molar-refractivity contribution in [3.05, 3.63) is 59.4 Å². The summed E-state index contributed by atoms with van der Waals surface area (Å²) in [6, 6.07) is 0.737. The van der Waals surface area contributed by atoms with Crippen LogP contribution in [-0.2, 0) is 6.18 Å². The summed E-state index contributed by atoms with van der Waals surface area (Å²) in [7, 11) is 0. The topological polar surface area (TPSA) is 51.8 Å². The molecule has 0 aromatic carbocycles. The van der Waals surface area contributed by atoms with Gasteiger partial charge in [0.05, 0.1) is 17.8 Å². The molecule has 0 aliphatic rings. The van der Waals surface area contributed by atoms with E-state index in [-0.39, 0.29) is 11.1 Å². The Morgan fingerprint density at radius 2 is 1.84 bits per heavy atom. The summed E-state index contributed by atoms with van der Waals surface area (Å²) in [5.74, 6) is -0.662. The number of aromatic nitrogens is 2. The largest absolute Gasteiger partial charge is 0.416 e. The van der Waals surface area contributed by atoms with Crippen LogP contribution >= 0.6 is 0 Å². The van der Waals surface area contributed by atoms with Gasteiger partial charge in [0.2, 0.25) is 0 Å². The van der Waals surface area contributed by atoms with Gasteiger partial charge >= 0.3 is 6.18 Å². The maximum absolute atomic E-state index is 13.0. The van der Waals surface area contributed by atoms with E-state index in [2.05, 4.69) is 9.97 Å². The van der Waals surface area contributed by atoms with Gasteiger partial charge in [-0.2, -0.15) is 13.2 Å². The molecule has 0 aliphatic carbocycles. The van der Waals surface area contributed by atoms with Crippen molar-refractivity contribution < 1.29 is 17.6 Å². The van der Waals surface area contributed by atoms with Gasteiger partial charge in [0.1, 0.15) is 5.82 Å². The molecule has 1 atom stereocenters. The summed E-state index contributed by atoms with van der Waals surface area (Å²) >= 11 is 0. The van der Waals surface area contributed by atoms with E-state index in [9.17, 15) is 17.6 Å². The summed E-state index contributed by atoms with van der Waals surface area (Å²) in [6.07, 6.45) is -0.317. The van der Waals surface area contributed by atoms with Crippen molar-refractivity contribution in [3.8, 4) is 0 Å². The summed E-state index contributed by atoms with van der Waals surface area (Å²) in [5, 5.41) is 0. The molecule has 0 saturated heterocycles. The molecule has 2 heterocycles. The molecule has 2 aromatic heterocycles. The molecule has 0 radical (unpaired) electrons. The minimum atomic E-state index is -4.54. The molecule has 1 unspecified atom stereocenters. The summed E-state index contributed by atoms with van der Waals surface area (Å²) in [5.41, 5.74) is 4.78. The van der Waals surface area contributed by atoms with Gasteiger partial charge in [-0.1, -0.05) is 0 Å². The van der Waals surface area contributed by atoms with E-state index in [1.54, 1.807) is 0 Å². The normalized spacial score (nSPS) is 13.3. The third kappa shape index (κ3) is 2.87. The lowest BCUT2D eigenvalue weighted by molar-refractivity contribution is -0.138. The average Bonchev–Trinajstić information content (AvgIpc) is 2.37. The molecule has 2 rings (SSSR count). The molecule has 2 N–H and O–H groups in total. The van der Waals surface area contributed by atoms with Crippen molar-refractivity contribution in [2.24, 2.45) is 5.73 Å². The molecule has 0 spiro atoms. The predicted molar refractivity (Wildman–Crippen MR) is 59.5 cm³/mol. The van der Waals surface area contributed by atoms with E-state index < -0.39 is 23.6 Å². The summed E-state index contributed by atoms with van der Waals surface area (Å²) in [6.45, 7) is 0. The molecule has 3 nitrogen and oxygen atoms in total. The van der Waals surface area contributed by atoms with Crippen molar-refractivity contribution in [2.45, 2.75) is 12.2 Å². The van der Waals surface area contributed by atoms with Gasteiger partial charge in [-0.25, -0.2) is 4.39 Å². The first-order valence-electron chi connectivity index (χ1n) is 5.26. The van der Waals surface area contributed by atoms with E-state index in [0.717, 1.165) is 30.7 Å². The van der Waals surface area contributed by atoms with Crippen LogP contribution in [0.1, 0.15) is 22.7 Å². The Kier molecular flexibility index (Phi) is 3.48. The summed E-state index contributed by atoms with van der Waals surface area (Å²) in [4.78, 5) is 7.20. The fourth-order valence-electron chi connectivity index (χ4n) is 1.69. The quantitative estimate of drug-likeness (QED) is 0.854. The lowest BCUT2D eigenvalue weighted by Crippen LogP contribution is -2.19. The number of halogens is 4. The number of rotatable bonds is 2. The SMILES string of the molecule is NC(c1cncc(F)c1)c1cnccc1C(F)(F)F. The van der Waals surface area contributed by atoms with Crippen LogP contribution in [0.5, 0.6) is 0 Å². The highest BCUT2D eigenvalue weighted by atomic mass is 19.4. The molecule has 0 amide bonds. The third-order valence-electron chi connectivity index (χ3n) is 2.58.